The van der Waals surface area contributed by atoms with E-state index in [4.69, 9.17) is 0 Å². The van der Waals surface area contributed by atoms with Crippen LogP contribution in [0, 0.1) is 0 Å². The predicted octanol–water partition coefficient (Wildman–Crippen LogP) is 1.42. The molecule has 3 aromatic heterocycles. The number of carbonyl (C=O) groups excluding carboxylic acids is 1. The molecular formula is C13H10N6O2S. The molecule has 8 nitrogen and oxygen atoms in total. The number of aromatic amines is 1. The first-order valence-electron chi connectivity index (χ1n) is 6.24. The Balaban J connectivity index is 1.73. The molecule has 0 aliphatic heterocycles. The van der Waals surface area contributed by atoms with Crippen molar-refractivity contribution < 1.29 is 9.90 Å². The van der Waals surface area contributed by atoms with Crippen LogP contribution in [0.2, 0.25) is 0 Å². The topological polar surface area (TPSA) is 118 Å². The number of ketones is 1. The molecule has 9 heteroatoms. The molecule has 0 bridgehead atoms. The van der Waals surface area contributed by atoms with E-state index in [0.717, 1.165) is 16.6 Å². The van der Waals surface area contributed by atoms with Gasteiger partial charge in [-0.25, -0.2) is 4.98 Å². The number of tetrazole rings is 1. The molecule has 0 saturated carbocycles. The molecule has 0 fully saturated rings. The number of allylic oxidation sites excluding steroid dienone is 1. The highest BCUT2D eigenvalue weighted by Gasteiger charge is 2.12. The van der Waals surface area contributed by atoms with Crippen molar-refractivity contribution in [2.24, 2.45) is 0 Å². The number of aliphatic hydroxyl groups excluding tert-OH is 1. The molecule has 0 unspecified atom stereocenters. The molecule has 22 heavy (non-hydrogen) atoms. The van der Waals surface area contributed by atoms with Crippen molar-refractivity contribution >= 4 is 22.9 Å². The van der Waals surface area contributed by atoms with Gasteiger partial charge in [-0.15, -0.1) is 21.5 Å². The van der Waals surface area contributed by atoms with Crippen molar-refractivity contribution in [3.8, 4) is 0 Å². The van der Waals surface area contributed by atoms with Gasteiger partial charge in [-0.3, -0.25) is 9.78 Å². The minimum absolute atomic E-state index is 0.0411. The molecule has 3 heterocycles. The lowest BCUT2D eigenvalue weighted by molar-refractivity contribution is 0.104. The lowest BCUT2D eigenvalue weighted by atomic mass is 10.2. The summed E-state index contributed by atoms with van der Waals surface area (Å²) in [6.45, 7) is 0. The van der Waals surface area contributed by atoms with E-state index in [1.807, 2.05) is 12.1 Å². The molecular weight excluding hydrogens is 304 g/mol. The number of carbonyl (C=O) groups is 1. The SMILES string of the molecule is O=C(C=C(O)c1nn[nH]n1)c1csc(Cc2ccncc2)n1. The van der Waals surface area contributed by atoms with Gasteiger partial charge in [-0.05, 0) is 22.9 Å². The Hall–Kier alpha value is -2.94. The normalized spacial score (nSPS) is 11.5. The Morgan fingerprint density at radius 2 is 2.18 bits per heavy atom. The fraction of sp³-hybridized carbons (Fsp3) is 0.0769. The van der Waals surface area contributed by atoms with Crippen LogP contribution in [0.5, 0.6) is 0 Å². The Labute approximate surface area is 128 Å². The number of nitrogens with one attached hydrogen (secondary N) is 1. The second-order valence-electron chi connectivity index (χ2n) is 4.29. The summed E-state index contributed by atoms with van der Waals surface area (Å²) >= 11 is 1.38. The predicted molar refractivity (Wildman–Crippen MR) is 78.3 cm³/mol. The zero-order chi connectivity index (χ0) is 15.4. The molecule has 0 aromatic carbocycles. The number of thiazole rings is 1. The summed E-state index contributed by atoms with van der Waals surface area (Å²) in [7, 11) is 0. The zero-order valence-electron chi connectivity index (χ0n) is 11.2. The Kier molecular flexibility index (Phi) is 3.97. The third-order valence-corrected chi connectivity index (χ3v) is 3.60. The van der Waals surface area contributed by atoms with Crippen LogP contribution in [-0.4, -0.2) is 41.5 Å². The number of aromatic nitrogens is 6. The molecule has 2 N–H and O–H groups in total. The molecule has 0 saturated heterocycles. The average molecular weight is 314 g/mol. The fourth-order valence-corrected chi connectivity index (χ4v) is 2.53. The number of H-pyrrole nitrogens is 1. The van der Waals surface area contributed by atoms with Crippen LogP contribution in [0.25, 0.3) is 5.76 Å². The molecule has 3 aromatic rings. The van der Waals surface area contributed by atoms with Crippen molar-refractivity contribution in [1.29, 1.82) is 0 Å². The Morgan fingerprint density at radius 1 is 1.36 bits per heavy atom. The average Bonchev–Trinajstić information content (AvgIpc) is 3.19. The van der Waals surface area contributed by atoms with E-state index in [0.29, 0.717) is 6.42 Å². The maximum Gasteiger partial charge on any atom is 0.239 e. The number of pyridine rings is 1. The minimum atomic E-state index is -0.417. The van der Waals surface area contributed by atoms with E-state index in [-0.39, 0.29) is 17.3 Å². The molecule has 3 rings (SSSR count). The van der Waals surface area contributed by atoms with Gasteiger partial charge in [0, 0.05) is 30.3 Å². The lowest BCUT2D eigenvalue weighted by Crippen LogP contribution is -1.99. The maximum atomic E-state index is 12.0. The molecule has 0 aliphatic carbocycles. The van der Waals surface area contributed by atoms with Crippen LogP contribution in [0.1, 0.15) is 26.9 Å². The van der Waals surface area contributed by atoms with Crippen LogP contribution in [0.15, 0.2) is 36.0 Å². The van der Waals surface area contributed by atoms with Crippen molar-refractivity contribution in [1.82, 2.24) is 30.6 Å². The Morgan fingerprint density at radius 3 is 2.91 bits per heavy atom. The summed E-state index contributed by atoms with van der Waals surface area (Å²) in [5, 5.41) is 24.8. The quantitative estimate of drug-likeness (QED) is 0.415. The monoisotopic (exact) mass is 314 g/mol. The van der Waals surface area contributed by atoms with Gasteiger partial charge in [-0.2, -0.15) is 5.21 Å². The number of rotatable bonds is 5. The standard InChI is InChI=1S/C13H10N6O2S/c20-10(6-11(21)13-16-18-19-17-13)9-7-22-12(15-9)5-8-1-3-14-4-2-8/h1-4,6-7,21H,5H2,(H,16,17,18,19). The van der Waals surface area contributed by atoms with Crippen LogP contribution in [0.3, 0.4) is 0 Å². The fourth-order valence-electron chi connectivity index (χ4n) is 1.71. The highest BCUT2D eigenvalue weighted by atomic mass is 32.1. The van der Waals surface area contributed by atoms with E-state index in [2.05, 4.69) is 30.6 Å². The van der Waals surface area contributed by atoms with Crippen LogP contribution in [0.4, 0.5) is 0 Å². The number of hydrogen-bond donors (Lipinski definition) is 2. The van der Waals surface area contributed by atoms with Gasteiger partial charge in [0.2, 0.25) is 11.6 Å². The molecule has 110 valence electrons. The third-order valence-electron chi connectivity index (χ3n) is 2.75. The van der Waals surface area contributed by atoms with Gasteiger partial charge >= 0.3 is 0 Å². The first-order valence-corrected chi connectivity index (χ1v) is 7.12. The number of nitrogens with zero attached hydrogens (tertiary/aromatic N) is 5. The van der Waals surface area contributed by atoms with Crippen molar-refractivity contribution in [2.45, 2.75) is 6.42 Å². The summed E-state index contributed by atoms with van der Waals surface area (Å²) in [4.78, 5) is 20.2. The largest absolute Gasteiger partial charge is 0.504 e. The highest BCUT2D eigenvalue weighted by molar-refractivity contribution is 7.09. The van der Waals surface area contributed by atoms with E-state index >= 15 is 0 Å². The summed E-state index contributed by atoms with van der Waals surface area (Å²) in [5.74, 6) is -0.817. The van der Waals surface area contributed by atoms with Crippen LogP contribution in [-0.2, 0) is 6.42 Å². The van der Waals surface area contributed by atoms with Crippen molar-refractivity contribution in [3.63, 3.8) is 0 Å². The minimum Gasteiger partial charge on any atom is -0.504 e. The van der Waals surface area contributed by atoms with E-state index in [1.165, 1.54) is 11.3 Å². The van der Waals surface area contributed by atoms with Crippen molar-refractivity contribution in [2.75, 3.05) is 0 Å². The highest BCUT2D eigenvalue weighted by Crippen LogP contribution is 2.16. The molecule has 0 atom stereocenters. The van der Waals surface area contributed by atoms with Gasteiger partial charge in [0.15, 0.2) is 5.76 Å². The summed E-state index contributed by atoms with van der Waals surface area (Å²) in [5.41, 5.74) is 1.33. The summed E-state index contributed by atoms with van der Waals surface area (Å²) in [6.07, 6.45) is 5.07. The van der Waals surface area contributed by atoms with E-state index in [1.54, 1.807) is 17.8 Å². The van der Waals surface area contributed by atoms with Crippen LogP contribution >= 0.6 is 11.3 Å². The first-order chi connectivity index (χ1) is 10.7. The van der Waals surface area contributed by atoms with Gasteiger partial charge in [0.1, 0.15) is 5.69 Å². The molecule has 0 radical (unpaired) electrons. The van der Waals surface area contributed by atoms with Gasteiger partial charge in [-0.1, -0.05) is 0 Å². The van der Waals surface area contributed by atoms with Gasteiger partial charge < -0.3 is 5.11 Å². The number of hydrogen-bond acceptors (Lipinski definition) is 8. The smallest absolute Gasteiger partial charge is 0.239 e. The third kappa shape index (κ3) is 3.20. The zero-order valence-corrected chi connectivity index (χ0v) is 12.0. The van der Waals surface area contributed by atoms with Gasteiger partial charge in [0.25, 0.3) is 0 Å². The van der Waals surface area contributed by atoms with E-state index in [9.17, 15) is 9.90 Å². The summed E-state index contributed by atoms with van der Waals surface area (Å²) in [6, 6.07) is 3.79. The maximum absolute atomic E-state index is 12.0. The number of aliphatic hydroxyl groups is 1. The Bertz CT molecular complexity index is 797. The summed E-state index contributed by atoms with van der Waals surface area (Å²) < 4.78 is 0. The molecule has 0 amide bonds. The first kappa shape index (κ1) is 14.0. The van der Waals surface area contributed by atoms with Gasteiger partial charge in [0.05, 0.1) is 5.01 Å². The second-order valence-corrected chi connectivity index (χ2v) is 5.23. The van der Waals surface area contributed by atoms with Crippen molar-refractivity contribution in [3.05, 3.63) is 58.1 Å². The second kappa shape index (κ2) is 6.22. The van der Waals surface area contributed by atoms with Crippen LogP contribution < -0.4 is 0 Å². The van der Waals surface area contributed by atoms with E-state index < -0.39 is 5.78 Å². The molecule has 0 spiro atoms. The molecule has 0 aliphatic rings. The lowest BCUT2D eigenvalue weighted by Gasteiger charge is -1.95.